The quantitative estimate of drug-likeness (QED) is 0.619. The van der Waals surface area contributed by atoms with Gasteiger partial charge in [-0.25, -0.2) is 4.79 Å². The first-order chi connectivity index (χ1) is 9.95. The van der Waals surface area contributed by atoms with Gasteiger partial charge in [0.25, 0.3) is 0 Å². The molecule has 0 aliphatic carbocycles. The lowest BCUT2D eigenvalue weighted by atomic mass is 10.00. The molecule has 2 atom stereocenters. The maximum Gasteiger partial charge on any atom is 0.343 e. The molecule has 2 unspecified atom stereocenters. The zero-order chi connectivity index (χ0) is 15.6. The van der Waals surface area contributed by atoms with E-state index < -0.39 is 5.97 Å². The fourth-order valence-electron chi connectivity index (χ4n) is 2.09. The van der Waals surface area contributed by atoms with Gasteiger partial charge in [-0.3, -0.25) is 14.5 Å². The maximum atomic E-state index is 12.1. The van der Waals surface area contributed by atoms with Gasteiger partial charge in [0.2, 0.25) is 11.8 Å². The summed E-state index contributed by atoms with van der Waals surface area (Å²) in [6.45, 7) is 3.31. The zero-order valence-electron chi connectivity index (χ0n) is 12.2. The maximum absolute atomic E-state index is 12.1. The summed E-state index contributed by atoms with van der Waals surface area (Å²) < 4.78 is 9.68. The Morgan fingerprint density at radius 2 is 1.62 bits per heavy atom. The van der Waals surface area contributed by atoms with Crippen LogP contribution in [0.25, 0.3) is 0 Å². The van der Waals surface area contributed by atoms with Gasteiger partial charge in [0, 0.05) is 11.8 Å². The number of carbonyl (C=O) groups excluding carboxylic acids is 3. The molecule has 2 rings (SSSR count). The SMILES string of the molecule is COC(=O)COc1ccc(N2C(=O)C(C)C(C)C2=O)cc1. The van der Waals surface area contributed by atoms with Crippen molar-refractivity contribution < 1.29 is 23.9 Å². The van der Waals surface area contributed by atoms with Crippen molar-refractivity contribution >= 4 is 23.5 Å². The van der Waals surface area contributed by atoms with E-state index >= 15 is 0 Å². The topological polar surface area (TPSA) is 72.9 Å². The van der Waals surface area contributed by atoms with E-state index in [-0.39, 0.29) is 30.3 Å². The summed E-state index contributed by atoms with van der Waals surface area (Å²) in [5, 5.41) is 0. The van der Waals surface area contributed by atoms with E-state index in [2.05, 4.69) is 4.74 Å². The van der Waals surface area contributed by atoms with Gasteiger partial charge in [0.15, 0.2) is 6.61 Å². The molecule has 0 radical (unpaired) electrons. The third kappa shape index (κ3) is 2.89. The average molecular weight is 291 g/mol. The zero-order valence-corrected chi connectivity index (χ0v) is 12.2. The fourth-order valence-corrected chi connectivity index (χ4v) is 2.09. The summed E-state index contributed by atoms with van der Waals surface area (Å²) in [5.41, 5.74) is 0.506. The van der Waals surface area contributed by atoms with Crippen LogP contribution < -0.4 is 9.64 Å². The minimum Gasteiger partial charge on any atom is -0.482 e. The van der Waals surface area contributed by atoms with Crippen LogP contribution in [0.5, 0.6) is 5.75 Å². The van der Waals surface area contributed by atoms with Gasteiger partial charge in [-0.2, -0.15) is 0 Å². The van der Waals surface area contributed by atoms with Crippen LogP contribution >= 0.6 is 0 Å². The fraction of sp³-hybridized carbons (Fsp3) is 0.400. The highest BCUT2D eigenvalue weighted by Gasteiger charge is 2.42. The van der Waals surface area contributed by atoms with Gasteiger partial charge in [0.1, 0.15) is 5.75 Å². The first kappa shape index (κ1) is 15.0. The highest BCUT2D eigenvalue weighted by Crippen LogP contribution is 2.31. The van der Waals surface area contributed by atoms with Gasteiger partial charge >= 0.3 is 5.97 Å². The average Bonchev–Trinajstić information content (AvgIpc) is 2.69. The third-order valence-electron chi connectivity index (χ3n) is 3.65. The van der Waals surface area contributed by atoms with Gasteiger partial charge in [-0.05, 0) is 24.3 Å². The van der Waals surface area contributed by atoms with E-state index in [0.717, 1.165) is 0 Å². The van der Waals surface area contributed by atoms with Crippen LogP contribution in [0.3, 0.4) is 0 Å². The summed E-state index contributed by atoms with van der Waals surface area (Å²) in [4.78, 5) is 36.3. The monoisotopic (exact) mass is 291 g/mol. The van der Waals surface area contributed by atoms with Crippen molar-refractivity contribution in [2.24, 2.45) is 11.8 Å². The predicted octanol–water partition coefficient (Wildman–Crippen LogP) is 1.38. The second-order valence-corrected chi connectivity index (χ2v) is 4.95. The summed E-state index contributed by atoms with van der Waals surface area (Å²) in [7, 11) is 1.28. The lowest BCUT2D eigenvalue weighted by Crippen LogP contribution is -2.30. The molecule has 1 aromatic carbocycles. The molecule has 1 fully saturated rings. The second-order valence-electron chi connectivity index (χ2n) is 4.95. The number of nitrogens with zero attached hydrogens (tertiary/aromatic N) is 1. The van der Waals surface area contributed by atoms with Crippen LogP contribution in [0.1, 0.15) is 13.8 Å². The molecule has 1 aromatic rings. The Bertz CT molecular complexity index is 546. The molecule has 0 bridgehead atoms. The number of carbonyl (C=O) groups is 3. The minimum atomic E-state index is -0.480. The second kappa shape index (κ2) is 5.95. The lowest BCUT2D eigenvalue weighted by molar-refractivity contribution is -0.142. The Hall–Kier alpha value is -2.37. The molecule has 112 valence electrons. The molecule has 6 heteroatoms. The summed E-state index contributed by atoms with van der Waals surface area (Å²) in [6, 6.07) is 6.44. The van der Waals surface area contributed by atoms with Crippen LogP contribution in [-0.4, -0.2) is 31.5 Å². The number of amides is 2. The summed E-state index contributed by atoms with van der Waals surface area (Å²) >= 11 is 0. The van der Waals surface area contributed by atoms with Crippen molar-refractivity contribution in [3.05, 3.63) is 24.3 Å². The Morgan fingerprint density at radius 3 is 2.10 bits per heavy atom. The number of ether oxygens (including phenoxy) is 2. The molecule has 0 N–H and O–H groups in total. The number of hydrogen-bond donors (Lipinski definition) is 0. The molecule has 1 aliphatic heterocycles. The van der Waals surface area contributed by atoms with Crippen molar-refractivity contribution in [1.82, 2.24) is 0 Å². The first-order valence-electron chi connectivity index (χ1n) is 6.63. The van der Waals surface area contributed by atoms with Crippen LogP contribution in [-0.2, 0) is 19.1 Å². The van der Waals surface area contributed by atoms with E-state index in [0.29, 0.717) is 11.4 Å². The van der Waals surface area contributed by atoms with Crippen molar-refractivity contribution in [1.29, 1.82) is 0 Å². The molecule has 0 saturated carbocycles. The van der Waals surface area contributed by atoms with E-state index in [1.807, 2.05) is 0 Å². The highest BCUT2D eigenvalue weighted by molar-refractivity contribution is 6.21. The Kier molecular flexibility index (Phi) is 4.26. The van der Waals surface area contributed by atoms with Crippen LogP contribution in [0.2, 0.25) is 0 Å². The van der Waals surface area contributed by atoms with Crippen molar-refractivity contribution in [3.63, 3.8) is 0 Å². The number of esters is 1. The number of methoxy groups -OCH3 is 1. The number of rotatable bonds is 4. The summed E-state index contributed by atoms with van der Waals surface area (Å²) in [5.74, 6) is -1.04. The molecule has 1 aliphatic rings. The highest BCUT2D eigenvalue weighted by atomic mass is 16.6. The van der Waals surface area contributed by atoms with Crippen molar-refractivity contribution in [2.45, 2.75) is 13.8 Å². The lowest BCUT2D eigenvalue weighted by Gasteiger charge is -2.15. The molecule has 0 aromatic heterocycles. The van der Waals surface area contributed by atoms with Crippen LogP contribution in [0, 0.1) is 11.8 Å². The van der Waals surface area contributed by atoms with Gasteiger partial charge in [-0.15, -0.1) is 0 Å². The van der Waals surface area contributed by atoms with Crippen molar-refractivity contribution in [3.8, 4) is 5.75 Å². The number of benzene rings is 1. The molecular weight excluding hydrogens is 274 g/mol. The third-order valence-corrected chi connectivity index (χ3v) is 3.65. The Morgan fingerprint density at radius 1 is 1.10 bits per heavy atom. The minimum absolute atomic E-state index is 0.189. The molecule has 1 saturated heterocycles. The predicted molar refractivity (Wildman–Crippen MR) is 74.8 cm³/mol. The molecule has 6 nitrogen and oxygen atoms in total. The van der Waals surface area contributed by atoms with Gasteiger partial charge < -0.3 is 9.47 Å². The van der Waals surface area contributed by atoms with E-state index in [9.17, 15) is 14.4 Å². The van der Waals surface area contributed by atoms with E-state index in [1.54, 1.807) is 38.1 Å². The number of imide groups is 1. The van der Waals surface area contributed by atoms with Crippen LogP contribution in [0.15, 0.2) is 24.3 Å². The van der Waals surface area contributed by atoms with Gasteiger partial charge in [-0.1, -0.05) is 13.8 Å². The molecule has 21 heavy (non-hydrogen) atoms. The standard InChI is InChI=1S/C15H17NO5/c1-9-10(2)15(19)16(14(9)18)11-4-6-12(7-5-11)21-8-13(17)20-3/h4-7,9-10H,8H2,1-3H3. The molecule has 2 amide bonds. The normalized spacial score (nSPS) is 21.6. The molecule has 1 heterocycles. The van der Waals surface area contributed by atoms with E-state index in [4.69, 9.17) is 4.74 Å². The number of anilines is 1. The van der Waals surface area contributed by atoms with Gasteiger partial charge in [0.05, 0.1) is 12.8 Å². The van der Waals surface area contributed by atoms with E-state index in [1.165, 1.54) is 12.0 Å². The number of hydrogen-bond acceptors (Lipinski definition) is 5. The molecular formula is C15H17NO5. The van der Waals surface area contributed by atoms with Crippen LogP contribution in [0.4, 0.5) is 5.69 Å². The largest absolute Gasteiger partial charge is 0.482 e. The Labute approximate surface area is 122 Å². The van der Waals surface area contributed by atoms with Crippen molar-refractivity contribution in [2.75, 3.05) is 18.6 Å². The first-order valence-corrected chi connectivity index (χ1v) is 6.63. The molecule has 0 spiro atoms. The smallest absolute Gasteiger partial charge is 0.343 e. The summed E-state index contributed by atoms with van der Waals surface area (Å²) in [6.07, 6.45) is 0. The Balaban J connectivity index is 2.11.